The minimum absolute atomic E-state index is 0.738. The molecule has 100 valence electrons. The third-order valence-electron chi connectivity index (χ3n) is 3.29. The van der Waals surface area contributed by atoms with E-state index in [4.69, 9.17) is 12.2 Å². The Morgan fingerprint density at radius 1 is 1.32 bits per heavy atom. The van der Waals surface area contributed by atoms with E-state index in [1.807, 2.05) is 42.6 Å². The van der Waals surface area contributed by atoms with E-state index in [1.54, 1.807) is 0 Å². The minimum Gasteiger partial charge on any atom is -0.328 e. The zero-order valence-electron chi connectivity index (χ0n) is 11.2. The number of aryl methyl sites for hydroxylation is 5. The molecular formula is C12H16N6S. The molecule has 0 fully saturated rings. The molecule has 0 bridgehead atoms. The van der Waals surface area contributed by atoms with Crippen LogP contribution in [-0.2, 0) is 27.1 Å². The number of fused-ring (bicyclic) bond motifs is 1. The average molecular weight is 276 g/mol. The van der Waals surface area contributed by atoms with Crippen LogP contribution in [0.3, 0.4) is 0 Å². The predicted octanol–water partition coefficient (Wildman–Crippen LogP) is 1.72. The maximum absolute atomic E-state index is 5.39. The molecule has 3 heterocycles. The number of nitrogens with one attached hydrogen (secondary N) is 1. The third kappa shape index (κ3) is 1.99. The fraction of sp³-hybridized carbons (Fsp3) is 0.417. The number of rotatable bonds is 3. The van der Waals surface area contributed by atoms with E-state index in [0.29, 0.717) is 0 Å². The summed E-state index contributed by atoms with van der Waals surface area (Å²) >= 11 is 5.39. The molecular weight excluding hydrogens is 260 g/mol. The van der Waals surface area contributed by atoms with Crippen LogP contribution < -0.4 is 0 Å². The molecule has 0 saturated heterocycles. The monoisotopic (exact) mass is 276 g/mol. The van der Waals surface area contributed by atoms with Gasteiger partial charge in [0.15, 0.2) is 10.4 Å². The van der Waals surface area contributed by atoms with Gasteiger partial charge in [-0.05, 0) is 25.2 Å². The number of aromatic nitrogens is 6. The number of hydrogen-bond donors (Lipinski definition) is 1. The molecule has 0 aliphatic carbocycles. The van der Waals surface area contributed by atoms with E-state index in [0.717, 1.165) is 40.3 Å². The maximum Gasteiger partial charge on any atom is 0.179 e. The summed E-state index contributed by atoms with van der Waals surface area (Å²) in [5, 5.41) is 8.79. The average Bonchev–Trinajstić information content (AvgIpc) is 2.97. The van der Waals surface area contributed by atoms with E-state index >= 15 is 0 Å². The summed E-state index contributed by atoms with van der Waals surface area (Å²) in [5.74, 6) is 0. The van der Waals surface area contributed by atoms with Crippen molar-refractivity contribution in [2.75, 3.05) is 0 Å². The van der Waals surface area contributed by atoms with Gasteiger partial charge in [-0.2, -0.15) is 10.2 Å². The van der Waals surface area contributed by atoms with Gasteiger partial charge in [0.05, 0.1) is 11.4 Å². The van der Waals surface area contributed by atoms with Crippen LogP contribution in [0.5, 0.6) is 0 Å². The molecule has 3 rings (SSSR count). The van der Waals surface area contributed by atoms with Crippen LogP contribution in [0.1, 0.15) is 11.4 Å². The summed E-state index contributed by atoms with van der Waals surface area (Å²) in [5.41, 5.74) is 4.10. The van der Waals surface area contributed by atoms with Gasteiger partial charge in [-0.25, -0.2) is 0 Å². The number of hydrogen-bond acceptors (Lipinski definition) is 3. The largest absolute Gasteiger partial charge is 0.328 e. The van der Waals surface area contributed by atoms with Crippen LogP contribution in [0, 0.1) is 11.7 Å². The van der Waals surface area contributed by atoms with Gasteiger partial charge in [0.25, 0.3) is 0 Å². The van der Waals surface area contributed by atoms with Gasteiger partial charge in [0.1, 0.15) is 5.52 Å². The predicted molar refractivity (Wildman–Crippen MR) is 75.5 cm³/mol. The highest BCUT2D eigenvalue weighted by Crippen LogP contribution is 2.17. The SMILES string of the molecule is Cc1nn(C)c2c1[nH]c(=S)n2CCc1ccn(C)n1. The number of nitrogens with zero attached hydrogens (tertiary/aromatic N) is 5. The van der Waals surface area contributed by atoms with Gasteiger partial charge >= 0.3 is 0 Å². The van der Waals surface area contributed by atoms with Crippen molar-refractivity contribution in [2.45, 2.75) is 19.9 Å². The molecule has 0 aliphatic heterocycles. The first-order chi connectivity index (χ1) is 9.06. The summed E-state index contributed by atoms with van der Waals surface area (Å²) in [6, 6.07) is 2.03. The topological polar surface area (TPSA) is 56.4 Å². The van der Waals surface area contributed by atoms with E-state index in [1.165, 1.54) is 0 Å². The highest BCUT2D eigenvalue weighted by Gasteiger charge is 2.12. The van der Waals surface area contributed by atoms with Gasteiger partial charge < -0.3 is 9.55 Å². The Labute approximate surface area is 115 Å². The van der Waals surface area contributed by atoms with Crippen molar-refractivity contribution >= 4 is 23.4 Å². The molecule has 3 aromatic heterocycles. The van der Waals surface area contributed by atoms with Crippen molar-refractivity contribution in [3.63, 3.8) is 0 Å². The molecule has 7 heteroatoms. The maximum atomic E-state index is 5.39. The van der Waals surface area contributed by atoms with E-state index in [2.05, 4.69) is 19.7 Å². The van der Waals surface area contributed by atoms with Crippen molar-refractivity contribution in [2.24, 2.45) is 14.1 Å². The van der Waals surface area contributed by atoms with Crippen LogP contribution >= 0.6 is 12.2 Å². The van der Waals surface area contributed by atoms with Crippen molar-refractivity contribution < 1.29 is 0 Å². The second kappa shape index (κ2) is 4.34. The first-order valence-corrected chi connectivity index (χ1v) is 6.57. The van der Waals surface area contributed by atoms with Gasteiger partial charge in [-0.15, -0.1) is 0 Å². The normalized spacial score (nSPS) is 11.5. The Hall–Kier alpha value is -1.89. The van der Waals surface area contributed by atoms with Gasteiger partial charge in [-0.3, -0.25) is 9.36 Å². The number of H-pyrrole nitrogens is 1. The molecule has 0 radical (unpaired) electrons. The Balaban J connectivity index is 1.96. The smallest absolute Gasteiger partial charge is 0.179 e. The Morgan fingerprint density at radius 2 is 2.11 bits per heavy atom. The lowest BCUT2D eigenvalue weighted by Gasteiger charge is -2.03. The van der Waals surface area contributed by atoms with E-state index < -0.39 is 0 Å². The summed E-state index contributed by atoms with van der Waals surface area (Å²) in [6.07, 6.45) is 2.81. The molecule has 0 spiro atoms. The second-order valence-corrected chi connectivity index (χ2v) is 5.11. The molecule has 0 amide bonds. The highest BCUT2D eigenvalue weighted by atomic mass is 32.1. The number of imidazole rings is 1. The third-order valence-corrected chi connectivity index (χ3v) is 3.61. The fourth-order valence-electron chi connectivity index (χ4n) is 2.40. The van der Waals surface area contributed by atoms with Crippen molar-refractivity contribution in [1.82, 2.24) is 29.1 Å². The lowest BCUT2D eigenvalue weighted by atomic mass is 10.3. The lowest BCUT2D eigenvalue weighted by molar-refractivity contribution is 0.646. The van der Waals surface area contributed by atoms with Gasteiger partial charge in [0.2, 0.25) is 0 Å². The molecule has 19 heavy (non-hydrogen) atoms. The molecule has 0 unspecified atom stereocenters. The molecule has 0 aliphatic rings. The summed E-state index contributed by atoms with van der Waals surface area (Å²) in [7, 11) is 3.86. The van der Waals surface area contributed by atoms with E-state index in [-0.39, 0.29) is 0 Å². The Bertz CT molecular complexity index is 787. The Morgan fingerprint density at radius 3 is 2.79 bits per heavy atom. The van der Waals surface area contributed by atoms with Crippen LogP contribution in [0.4, 0.5) is 0 Å². The van der Waals surface area contributed by atoms with Crippen molar-refractivity contribution in [3.8, 4) is 0 Å². The molecule has 0 atom stereocenters. The van der Waals surface area contributed by atoms with Gasteiger partial charge in [0, 0.05) is 33.3 Å². The number of aromatic amines is 1. The summed E-state index contributed by atoms with van der Waals surface area (Å²) in [4.78, 5) is 3.23. The first kappa shape index (κ1) is 12.2. The zero-order chi connectivity index (χ0) is 13.6. The molecule has 3 aromatic rings. The fourth-order valence-corrected chi connectivity index (χ4v) is 2.68. The van der Waals surface area contributed by atoms with Crippen LogP contribution in [-0.4, -0.2) is 29.1 Å². The molecule has 0 aromatic carbocycles. The summed E-state index contributed by atoms with van der Waals surface area (Å²) in [6.45, 7) is 2.78. The molecule has 0 saturated carbocycles. The lowest BCUT2D eigenvalue weighted by Crippen LogP contribution is -2.06. The second-order valence-electron chi connectivity index (χ2n) is 4.72. The molecule has 6 nitrogen and oxygen atoms in total. The molecule has 1 N–H and O–H groups in total. The standard InChI is InChI=1S/C12H16N6S/c1-8-10-11(17(3)14-8)18(12(19)13-10)7-5-9-4-6-16(2)15-9/h4,6H,5,7H2,1-3H3,(H,13,19). The van der Waals surface area contributed by atoms with Crippen LogP contribution in [0.2, 0.25) is 0 Å². The van der Waals surface area contributed by atoms with Crippen molar-refractivity contribution in [1.29, 1.82) is 0 Å². The van der Waals surface area contributed by atoms with Crippen LogP contribution in [0.25, 0.3) is 11.2 Å². The zero-order valence-corrected chi connectivity index (χ0v) is 12.0. The van der Waals surface area contributed by atoms with Crippen molar-refractivity contribution in [3.05, 3.63) is 28.4 Å². The minimum atomic E-state index is 0.738. The Kier molecular flexibility index (Phi) is 2.78. The van der Waals surface area contributed by atoms with E-state index in [9.17, 15) is 0 Å². The quantitative estimate of drug-likeness (QED) is 0.741. The highest BCUT2D eigenvalue weighted by molar-refractivity contribution is 7.71. The first-order valence-electron chi connectivity index (χ1n) is 6.17. The van der Waals surface area contributed by atoms with Crippen LogP contribution in [0.15, 0.2) is 12.3 Å². The summed E-state index contributed by atoms with van der Waals surface area (Å²) < 4.78 is 6.51. The van der Waals surface area contributed by atoms with Gasteiger partial charge in [-0.1, -0.05) is 0 Å².